The van der Waals surface area contributed by atoms with E-state index in [1.165, 1.54) is 18.3 Å². The summed E-state index contributed by atoms with van der Waals surface area (Å²) >= 11 is 12.9. The molecule has 1 fully saturated rings. The standard InChI is InChI=1S/C31H24Cl2FN3O3/c32-26-27(37(29(38)22-7-3-1-4-8-22)30(39)23-9-5-2-6-10-23)25(19-35-28(26)33)31(40)36-17-15-21(16-18-36)20-11-13-24(34)14-12-20/h1-14,19,21H,15-18H2. The molecule has 0 N–H and O–H groups in total. The average Bonchev–Trinajstić information content (AvgIpc) is 3.00. The number of likely N-dealkylation sites (tertiary alicyclic amines) is 1. The van der Waals surface area contributed by atoms with Crippen molar-refractivity contribution in [1.29, 1.82) is 0 Å². The lowest BCUT2D eigenvalue weighted by atomic mass is 9.89. The first kappa shape index (κ1) is 27.5. The maximum absolute atomic E-state index is 13.9. The number of carbonyl (C=O) groups is 3. The molecule has 0 unspecified atom stereocenters. The summed E-state index contributed by atoms with van der Waals surface area (Å²) in [5.41, 5.74) is 1.35. The molecule has 0 bridgehead atoms. The summed E-state index contributed by atoms with van der Waals surface area (Å²) in [4.78, 5) is 48.2. The summed E-state index contributed by atoms with van der Waals surface area (Å²) in [7, 11) is 0. The average molecular weight is 576 g/mol. The molecule has 9 heteroatoms. The Morgan fingerprint density at radius 1 is 0.800 bits per heavy atom. The van der Waals surface area contributed by atoms with Crippen LogP contribution in [0.3, 0.4) is 0 Å². The second kappa shape index (κ2) is 12.0. The van der Waals surface area contributed by atoms with Crippen LogP contribution in [-0.4, -0.2) is 40.7 Å². The number of aromatic nitrogens is 1. The number of imide groups is 1. The van der Waals surface area contributed by atoms with Crippen LogP contribution in [0.15, 0.2) is 91.1 Å². The molecular weight excluding hydrogens is 552 g/mol. The number of rotatable bonds is 5. The van der Waals surface area contributed by atoms with E-state index in [0.29, 0.717) is 25.9 Å². The lowest BCUT2D eigenvalue weighted by Crippen LogP contribution is -2.41. The second-order valence-electron chi connectivity index (χ2n) is 9.42. The van der Waals surface area contributed by atoms with Crippen molar-refractivity contribution in [3.05, 3.63) is 129 Å². The number of nitrogens with zero attached hydrogens (tertiary/aromatic N) is 3. The summed E-state index contributed by atoms with van der Waals surface area (Å²) in [5, 5.41) is -0.322. The van der Waals surface area contributed by atoms with E-state index in [1.54, 1.807) is 77.7 Å². The third-order valence-electron chi connectivity index (χ3n) is 6.98. The van der Waals surface area contributed by atoms with Crippen LogP contribution in [0.5, 0.6) is 0 Å². The predicted molar refractivity (Wildman–Crippen MR) is 153 cm³/mol. The minimum Gasteiger partial charge on any atom is -0.338 e. The van der Waals surface area contributed by atoms with Gasteiger partial charge >= 0.3 is 0 Å². The molecule has 202 valence electrons. The van der Waals surface area contributed by atoms with Crippen molar-refractivity contribution in [2.45, 2.75) is 18.8 Å². The van der Waals surface area contributed by atoms with Gasteiger partial charge in [-0.25, -0.2) is 14.3 Å². The molecule has 4 aromatic rings. The highest BCUT2D eigenvalue weighted by molar-refractivity contribution is 6.45. The van der Waals surface area contributed by atoms with Crippen molar-refractivity contribution < 1.29 is 18.8 Å². The number of carbonyl (C=O) groups excluding carboxylic acids is 3. The first-order chi connectivity index (χ1) is 19.3. The Labute approximate surface area is 241 Å². The molecule has 1 aliphatic rings. The van der Waals surface area contributed by atoms with Crippen LogP contribution in [0.1, 0.15) is 55.4 Å². The van der Waals surface area contributed by atoms with Gasteiger partial charge in [-0.15, -0.1) is 0 Å². The van der Waals surface area contributed by atoms with Gasteiger partial charge in [0.25, 0.3) is 17.7 Å². The first-order valence-corrected chi connectivity index (χ1v) is 13.5. The smallest absolute Gasteiger partial charge is 0.265 e. The molecule has 0 saturated carbocycles. The fourth-order valence-corrected chi connectivity index (χ4v) is 5.24. The molecule has 3 amide bonds. The van der Waals surface area contributed by atoms with E-state index in [-0.39, 0.29) is 44.3 Å². The molecule has 3 aromatic carbocycles. The van der Waals surface area contributed by atoms with Crippen molar-refractivity contribution in [3.63, 3.8) is 0 Å². The summed E-state index contributed by atoms with van der Waals surface area (Å²) in [6.45, 7) is 0.833. The number of pyridine rings is 1. The number of anilines is 1. The van der Waals surface area contributed by atoms with Gasteiger partial charge in [0.2, 0.25) is 0 Å². The Bertz CT molecular complexity index is 1490. The number of benzene rings is 3. The van der Waals surface area contributed by atoms with Gasteiger partial charge in [-0.3, -0.25) is 14.4 Å². The van der Waals surface area contributed by atoms with Gasteiger partial charge < -0.3 is 4.90 Å². The normalized spacial score (nSPS) is 13.6. The molecule has 5 rings (SSSR count). The van der Waals surface area contributed by atoms with Gasteiger partial charge in [-0.2, -0.15) is 0 Å². The fraction of sp³-hybridized carbons (Fsp3) is 0.161. The Balaban J connectivity index is 1.52. The molecular formula is C31H24Cl2FN3O3. The van der Waals surface area contributed by atoms with Gasteiger partial charge in [0.05, 0.1) is 11.3 Å². The van der Waals surface area contributed by atoms with Crippen molar-refractivity contribution in [1.82, 2.24) is 9.88 Å². The zero-order chi connectivity index (χ0) is 28.2. The van der Waals surface area contributed by atoms with E-state index in [2.05, 4.69) is 4.98 Å². The quantitative estimate of drug-likeness (QED) is 0.189. The number of halogens is 3. The Morgan fingerprint density at radius 3 is 1.85 bits per heavy atom. The van der Waals surface area contributed by atoms with Crippen LogP contribution in [-0.2, 0) is 0 Å². The van der Waals surface area contributed by atoms with Crippen molar-refractivity contribution in [2.24, 2.45) is 0 Å². The lowest BCUT2D eigenvalue weighted by molar-refractivity contribution is 0.0713. The van der Waals surface area contributed by atoms with Gasteiger partial charge in [0.1, 0.15) is 16.0 Å². The van der Waals surface area contributed by atoms with Crippen molar-refractivity contribution in [3.8, 4) is 0 Å². The molecule has 0 spiro atoms. The molecule has 0 aliphatic carbocycles. The molecule has 40 heavy (non-hydrogen) atoms. The maximum atomic E-state index is 13.9. The Morgan fingerprint density at radius 2 is 1.32 bits per heavy atom. The fourth-order valence-electron chi connectivity index (χ4n) is 4.87. The molecule has 1 aliphatic heterocycles. The molecule has 0 radical (unpaired) electrons. The third kappa shape index (κ3) is 5.62. The van der Waals surface area contributed by atoms with E-state index in [9.17, 15) is 18.8 Å². The van der Waals surface area contributed by atoms with Crippen molar-refractivity contribution >= 4 is 46.6 Å². The lowest BCUT2D eigenvalue weighted by Gasteiger charge is -2.33. The summed E-state index contributed by atoms with van der Waals surface area (Å²) < 4.78 is 13.4. The van der Waals surface area contributed by atoms with E-state index >= 15 is 0 Å². The van der Waals surface area contributed by atoms with E-state index in [4.69, 9.17) is 23.2 Å². The van der Waals surface area contributed by atoms with E-state index in [1.807, 2.05) is 0 Å². The summed E-state index contributed by atoms with van der Waals surface area (Å²) in [6, 6.07) is 22.9. The van der Waals surface area contributed by atoms with Crippen molar-refractivity contribution in [2.75, 3.05) is 18.0 Å². The summed E-state index contributed by atoms with van der Waals surface area (Å²) in [5.74, 6) is -1.88. The SMILES string of the molecule is O=C(c1cnc(Cl)c(Cl)c1N(C(=O)c1ccccc1)C(=O)c1ccccc1)N1CCC(c2ccc(F)cc2)CC1. The zero-order valence-electron chi connectivity index (χ0n) is 21.3. The number of amides is 3. The van der Waals surface area contributed by atoms with Gasteiger partial charge in [-0.1, -0.05) is 71.7 Å². The second-order valence-corrected chi connectivity index (χ2v) is 10.2. The minimum atomic E-state index is -0.664. The highest BCUT2D eigenvalue weighted by Gasteiger charge is 2.35. The minimum absolute atomic E-state index is 0.0109. The Kier molecular flexibility index (Phi) is 8.24. The molecule has 1 saturated heterocycles. The van der Waals surface area contributed by atoms with E-state index in [0.717, 1.165) is 10.5 Å². The van der Waals surface area contributed by atoms with Gasteiger partial charge in [0.15, 0.2) is 0 Å². The Hall–Kier alpha value is -4.07. The number of piperidine rings is 1. The monoisotopic (exact) mass is 575 g/mol. The predicted octanol–water partition coefficient (Wildman–Crippen LogP) is 7.03. The van der Waals surface area contributed by atoms with Crippen LogP contribution in [0, 0.1) is 5.82 Å². The molecule has 1 aromatic heterocycles. The van der Waals surface area contributed by atoms with Gasteiger partial charge in [0, 0.05) is 30.4 Å². The van der Waals surface area contributed by atoms with Crippen LogP contribution < -0.4 is 4.90 Å². The zero-order valence-corrected chi connectivity index (χ0v) is 22.8. The van der Waals surface area contributed by atoms with Crippen LogP contribution in [0.4, 0.5) is 10.1 Å². The third-order valence-corrected chi connectivity index (χ3v) is 7.72. The van der Waals surface area contributed by atoms with E-state index < -0.39 is 17.7 Å². The largest absolute Gasteiger partial charge is 0.338 e. The summed E-state index contributed by atoms with van der Waals surface area (Å²) in [6.07, 6.45) is 2.58. The highest BCUT2D eigenvalue weighted by Crippen LogP contribution is 2.38. The van der Waals surface area contributed by atoms with Gasteiger partial charge in [-0.05, 0) is 60.7 Å². The van der Waals surface area contributed by atoms with Crippen LogP contribution in [0.25, 0.3) is 0 Å². The maximum Gasteiger partial charge on any atom is 0.265 e. The van der Waals surface area contributed by atoms with Crippen LogP contribution in [0.2, 0.25) is 10.2 Å². The number of hydrogen-bond acceptors (Lipinski definition) is 4. The topological polar surface area (TPSA) is 70.6 Å². The molecule has 2 heterocycles. The number of hydrogen-bond donors (Lipinski definition) is 0. The molecule has 6 nitrogen and oxygen atoms in total. The molecule has 0 atom stereocenters. The van der Waals surface area contributed by atoms with Crippen LogP contribution >= 0.6 is 23.2 Å². The first-order valence-electron chi connectivity index (χ1n) is 12.7. The highest BCUT2D eigenvalue weighted by atomic mass is 35.5.